The topological polar surface area (TPSA) is 0 Å². The minimum Gasteiger partial charge on any atom is -0.0754 e. The number of rotatable bonds is 2. The molecule has 4 aliphatic carbocycles. The van der Waals surface area contributed by atoms with Gasteiger partial charge in [-0.2, -0.15) is 0 Å². The van der Waals surface area contributed by atoms with Crippen LogP contribution in [0.4, 0.5) is 0 Å². The molecule has 0 nitrogen and oxygen atoms in total. The van der Waals surface area contributed by atoms with Crippen molar-refractivity contribution in [3.63, 3.8) is 0 Å². The summed E-state index contributed by atoms with van der Waals surface area (Å²) in [5, 5.41) is 2.75. The lowest BCUT2D eigenvalue weighted by molar-refractivity contribution is 0.588. The van der Waals surface area contributed by atoms with Crippen molar-refractivity contribution in [3.05, 3.63) is 153 Å². The van der Waals surface area contributed by atoms with Crippen LogP contribution in [0.25, 0.3) is 55.3 Å². The lowest BCUT2D eigenvalue weighted by atomic mass is 9.72. The SMILES string of the molecule is Cc1c(C)c(C2=C3C=CC=C4c5ccc(C(C)(C)C)cc5C(C=C2)C43)c(C)c(-c2ccc3c4c(cccc24)-c2cc(C(C)(C)C)ccc2-3)c1C. The molecule has 0 fully saturated rings. The van der Waals surface area contributed by atoms with Crippen LogP contribution >= 0.6 is 0 Å². The Bertz CT molecular complexity index is 2470. The Balaban J connectivity index is 1.23. The van der Waals surface area contributed by atoms with E-state index in [0.717, 1.165) is 0 Å². The maximum atomic E-state index is 2.52. The van der Waals surface area contributed by atoms with E-state index >= 15 is 0 Å². The molecular formula is C50H48. The molecule has 0 saturated carbocycles. The van der Waals surface area contributed by atoms with Gasteiger partial charge in [0.2, 0.25) is 0 Å². The monoisotopic (exact) mass is 648 g/mol. The van der Waals surface area contributed by atoms with Crippen LogP contribution in [0.2, 0.25) is 0 Å². The molecule has 0 bridgehead atoms. The predicted octanol–water partition coefficient (Wildman–Crippen LogP) is 13.7. The van der Waals surface area contributed by atoms with Gasteiger partial charge in [-0.25, -0.2) is 0 Å². The number of allylic oxidation sites excluding steroid dienone is 8. The first-order valence-corrected chi connectivity index (χ1v) is 18.5. The van der Waals surface area contributed by atoms with Crippen LogP contribution in [0.1, 0.15) is 97.5 Å². The zero-order chi connectivity index (χ0) is 35.0. The van der Waals surface area contributed by atoms with Gasteiger partial charge in [-0.3, -0.25) is 0 Å². The third-order valence-corrected chi connectivity index (χ3v) is 12.6. The Morgan fingerprint density at radius 1 is 0.540 bits per heavy atom. The van der Waals surface area contributed by atoms with Gasteiger partial charge in [-0.05, 0) is 156 Å². The van der Waals surface area contributed by atoms with E-state index in [1.807, 2.05) is 0 Å². The van der Waals surface area contributed by atoms with Crippen molar-refractivity contribution in [3.8, 4) is 33.4 Å². The van der Waals surface area contributed by atoms with Gasteiger partial charge in [-0.15, -0.1) is 0 Å². The number of benzene rings is 5. The normalized spacial score (nSPS) is 18.5. The molecule has 0 amide bonds. The predicted molar refractivity (Wildman–Crippen MR) is 216 cm³/mol. The molecule has 0 saturated heterocycles. The highest BCUT2D eigenvalue weighted by molar-refractivity contribution is 6.19. The van der Waals surface area contributed by atoms with E-state index in [9.17, 15) is 0 Å². The molecule has 0 radical (unpaired) electrons. The second-order valence-electron chi connectivity index (χ2n) is 17.4. The van der Waals surface area contributed by atoms with Crippen molar-refractivity contribution >= 4 is 21.9 Å². The largest absolute Gasteiger partial charge is 0.0754 e. The highest BCUT2D eigenvalue weighted by Crippen LogP contribution is 2.57. The molecule has 2 atom stereocenters. The van der Waals surface area contributed by atoms with Crippen LogP contribution < -0.4 is 0 Å². The van der Waals surface area contributed by atoms with Crippen LogP contribution in [-0.2, 0) is 10.8 Å². The summed E-state index contributed by atoms with van der Waals surface area (Å²) in [6, 6.07) is 26.1. The Kier molecular flexibility index (Phi) is 6.53. The van der Waals surface area contributed by atoms with Gasteiger partial charge in [0, 0.05) is 11.8 Å². The first-order chi connectivity index (χ1) is 23.8. The zero-order valence-corrected chi connectivity index (χ0v) is 31.4. The van der Waals surface area contributed by atoms with Gasteiger partial charge < -0.3 is 0 Å². The Morgan fingerprint density at radius 2 is 1.18 bits per heavy atom. The lowest BCUT2D eigenvalue weighted by Crippen LogP contribution is -2.16. The van der Waals surface area contributed by atoms with Crippen molar-refractivity contribution in [1.82, 2.24) is 0 Å². The summed E-state index contributed by atoms with van der Waals surface area (Å²) in [6.45, 7) is 23.3. The molecule has 0 spiro atoms. The standard InChI is InChI=1S/C50H48/c1-27-28(2)45(40-22-21-39-34-20-18-31(49(5,6)7)25-43(34)38-16-12-15-37(40)48(38)39)30(4)46(29(27)3)41-23-24-42-44-26-32(50(8,9)10)17-19-33(44)35-13-11-14-36(41)47(35)42/h11-26,42,47H,1-10H3. The van der Waals surface area contributed by atoms with Gasteiger partial charge in [0.15, 0.2) is 0 Å². The second kappa shape index (κ2) is 10.4. The van der Waals surface area contributed by atoms with Crippen LogP contribution in [0.3, 0.4) is 0 Å². The van der Waals surface area contributed by atoms with E-state index in [1.54, 1.807) is 0 Å². The van der Waals surface area contributed by atoms with Crippen molar-refractivity contribution < 1.29 is 0 Å². The van der Waals surface area contributed by atoms with Crippen LogP contribution in [0, 0.1) is 33.6 Å². The third-order valence-electron chi connectivity index (χ3n) is 12.6. The maximum absolute atomic E-state index is 2.52. The number of hydrogen-bond acceptors (Lipinski definition) is 0. The third kappa shape index (κ3) is 4.24. The highest BCUT2D eigenvalue weighted by atomic mass is 14.4. The van der Waals surface area contributed by atoms with Gasteiger partial charge in [0.05, 0.1) is 0 Å². The molecule has 5 aromatic carbocycles. The summed E-state index contributed by atoms with van der Waals surface area (Å²) in [5.41, 5.74) is 25.5. The second-order valence-corrected chi connectivity index (χ2v) is 17.4. The maximum Gasteiger partial charge on any atom is 0.0205 e. The fraction of sp³-hybridized carbons (Fsp3) is 0.280. The van der Waals surface area contributed by atoms with E-state index < -0.39 is 0 Å². The summed E-state index contributed by atoms with van der Waals surface area (Å²) in [6.07, 6.45) is 12.1. The average molecular weight is 649 g/mol. The summed E-state index contributed by atoms with van der Waals surface area (Å²) < 4.78 is 0. The molecule has 4 aliphatic rings. The molecule has 0 heterocycles. The summed E-state index contributed by atoms with van der Waals surface area (Å²) >= 11 is 0. The van der Waals surface area contributed by atoms with Crippen LogP contribution in [0.5, 0.6) is 0 Å². The van der Waals surface area contributed by atoms with E-state index in [-0.39, 0.29) is 10.8 Å². The number of fused-ring (bicyclic) bond motifs is 6. The minimum atomic E-state index is 0.108. The van der Waals surface area contributed by atoms with Crippen molar-refractivity contribution in [2.75, 3.05) is 0 Å². The molecule has 0 N–H and O–H groups in total. The smallest absolute Gasteiger partial charge is 0.0205 e. The molecule has 0 aliphatic heterocycles. The summed E-state index contributed by atoms with van der Waals surface area (Å²) in [5.74, 6) is 0.744. The molecule has 248 valence electrons. The first-order valence-electron chi connectivity index (χ1n) is 18.5. The highest BCUT2D eigenvalue weighted by Gasteiger charge is 2.41. The van der Waals surface area contributed by atoms with E-state index in [4.69, 9.17) is 0 Å². The van der Waals surface area contributed by atoms with E-state index in [0.29, 0.717) is 11.8 Å². The van der Waals surface area contributed by atoms with Crippen LogP contribution in [-0.4, -0.2) is 0 Å². The summed E-state index contributed by atoms with van der Waals surface area (Å²) in [7, 11) is 0. The van der Waals surface area contributed by atoms with Gasteiger partial charge >= 0.3 is 0 Å². The van der Waals surface area contributed by atoms with Crippen LogP contribution in [0.15, 0.2) is 103 Å². The fourth-order valence-corrected chi connectivity index (χ4v) is 9.71. The van der Waals surface area contributed by atoms with Gasteiger partial charge in [0.1, 0.15) is 0 Å². The Hall–Kier alpha value is -4.68. The molecule has 0 heteroatoms. The lowest BCUT2D eigenvalue weighted by Gasteiger charge is -2.31. The van der Waals surface area contributed by atoms with Gasteiger partial charge in [0.25, 0.3) is 0 Å². The van der Waals surface area contributed by atoms with E-state index in [1.165, 1.54) is 111 Å². The Morgan fingerprint density at radius 3 is 1.92 bits per heavy atom. The van der Waals surface area contributed by atoms with Gasteiger partial charge in [-0.1, -0.05) is 133 Å². The van der Waals surface area contributed by atoms with Crippen molar-refractivity contribution in [2.45, 2.75) is 86.0 Å². The Labute approximate surface area is 299 Å². The van der Waals surface area contributed by atoms with Crippen molar-refractivity contribution in [1.29, 1.82) is 0 Å². The van der Waals surface area contributed by atoms with Crippen molar-refractivity contribution in [2.24, 2.45) is 5.92 Å². The quantitative estimate of drug-likeness (QED) is 0.175. The first kappa shape index (κ1) is 31.3. The fourth-order valence-electron chi connectivity index (χ4n) is 9.71. The number of hydrogen-bond donors (Lipinski definition) is 0. The van der Waals surface area contributed by atoms with E-state index in [2.05, 4.69) is 166 Å². The molecule has 2 unspecified atom stereocenters. The molecule has 0 aromatic heterocycles. The molecule has 50 heavy (non-hydrogen) atoms. The summed E-state index contributed by atoms with van der Waals surface area (Å²) in [4.78, 5) is 0. The molecule has 9 rings (SSSR count). The zero-order valence-electron chi connectivity index (χ0n) is 31.4. The molecular weight excluding hydrogens is 601 g/mol. The average Bonchev–Trinajstić information content (AvgIpc) is 3.59. The molecule has 5 aromatic rings. The minimum absolute atomic E-state index is 0.108.